The summed E-state index contributed by atoms with van der Waals surface area (Å²) in [5.74, 6) is 2.26. The van der Waals surface area contributed by atoms with E-state index in [4.69, 9.17) is 115 Å². The molecule has 26 heteroatoms. The van der Waals surface area contributed by atoms with E-state index in [1.54, 1.807) is 48.5 Å². The molecule has 6 heterocycles. The number of hydrogen-bond acceptors (Lipinski definition) is 16. The largest absolute Gasteiger partial charge is 0.508 e. The zero-order chi connectivity index (χ0) is 59.6. The molecule has 20 nitrogen and oxygen atoms in total. The summed E-state index contributed by atoms with van der Waals surface area (Å²) < 4.78 is 32.1. The molecule has 8 N–H and O–H groups in total. The number of phenols is 1. The number of aromatic hydroxyl groups is 1. The Bertz CT molecular complexity index is 3080. The second-order valence-electron chi connectivity index (χ2n) is 18.7. The first-order chi connectivity index (χ1) is 37.8. The van der Waals surface area contributed by atoms with Gasteiger partial charge in [0.15, 0.2) is 0 Å². The van der Waals surface area contributed by atoms with E-state index in [1.807, 2.05) is 61.5 Å². The van der Waals surface area contributed by atoms with Crippen LogP contribution in [0.15, 0.2) is 84.9 Å². The number of ether oxygens (including phenoxy) is 4. The quantitative estimate of drug-likeness (QED) is 0.0336. The van der Waals surface area contributed by atoms with Crippen molar-refractivity contribution in [2.75, 3.05) is 26.4 Å². The molecule has 424 valence electrons. The van der Waals surface area contributed by atoms with Gasteiger partial charge in [0.25, 0.3) is 11.8 Å². The molecule has 0 unspecified atom stereocenters. The van der Waals surface area contributed by atoms with Gasteiger partial charge in [0, 0.05) is 6.61 Å². The van der Waals surface area contributed by atoms with E-state index in [1.165, 1.54) is 30.3 Å². The van der Waals surface area contributed by atoms with Crippen LogP contribution in [0.4, 0.5) is 11.4 Å². The van der Waals surface area contributed by atoms with E-state index >= 15 is 0 Å². The SMILES string of the molecule is CC(C)CO.CC(C)COc1nc(Cl)ccc1C(N)=O.NC(=O)c1ccc(Cl)nc1Cl.OB1OCc2cc(O)ccc21.[C-]#[N+]c1ccc(Cl)nc1OCC(C)C.[C-]#[N+]c1ccc(Oc2ccc3c(c2)COB3O)nc1OCC(C)C. The molecular formula is C54H62B2Cl4N8O12. The van der Waals surface area contributed by atoms with E-state index in [-0.39, 0.29) is 44.1 Å². The van der Waals surface area contributed by atoms with Crippen molar-refractivity contribution in [1.82, 2.24) is 19.9 Å². The molecule has 2 amide bonds. The van der Waals surface area contributed by atoms with Gasteiger partial charge in [-0.1, -0.05) is 114 Å². The third-order valence-corrected chi connectivity index (χ3v) is 10.8. The topological polar surface area (TPSA) is 283 Å². The Labute approximate surface area is 486 Å². The van der Waals surface area contributed by atoms with Gasteiger partial charge in [0.05, 0.1) is 51.7 Å². The number of carbonyl (C=O) groups is 2. The smallest absolute Gasteiger partial charge is 0.491 e. The van der Waals surface area contributed by atoms with Crippen LogP contribution in [0, 0.1) is 36.8 Å². The molecule has 6 aromatic rings. The summed E-state index contributed by atoms with van der Waals surface area (Å²) in [6, 6.07) is 22.5. The number of primary amides is 2. The zero-order valence-electron chi connectivity index (χ0n) is 45.2. The molecule has 0 fully saturated rings. The van der Waals surface area contributed by atoms with Crippen LogP contribution >= 0.6 is 46.4 Å². The number of nitrogens with two attached hydrogens (primary N) is 2. The first kappa shape index (κ1) is 67.3. The average molecular weight is 1180 g/mol. The number of rotatable bonds is 14. The standard InChI is InChI=1S/C17H17BN2O4.C10H13ClN2O2.C10H11ClN2O.C7H7BO3.C6H4Cl2N2O.C4H10O/c1-11(2)9-22-17-15(19-3)6-7-16(20-17)24-13-4-5-14-12(8-13)10-23-18(14)21;1-6(2)5-15-10-7(9(12)14)3-4-8(11)13-10;1-7(2)6-14-10-8(12-3)4-5-9(11)13-10;9-6-1-2-7-5(3-6)4-11-8(7)10;7-4-2-1-3(6(9)11)5(8)10-4;1-4(2)3-5/h4-8,11,21H,9-10H2,1-2H3;3-4,6H,5H2,1-2H3,(H2,12,14);4-5,7H,6H2,1-2H3;1-3,9-10H,4H2;1-2H,(H2,9,11);4-5H,3H2,1-2H3. The Kier molecular flexibility index (Phi) is 28.8. The molecule has 8 rings (SSSR count). The Morgan fingerprint density at radius 1 is 0.600 bits per heavy atom. The first-order valence-electron chi connectivity index (χ1n) is 24.6. The minimum absolute atomic E-state index is 0.0324. The van der Waals surface area contributed by atoms with Crippen molar-refractivity contribution in [3.63, 3.8) is 0 Å². The Hall–Kier alpha value is -6.95. The van der Waals surface area contributed by atoms with E-state index in [0.29, 0.717) is 97.4 Å². The number of amides is 2. The van der Waals surface area contributed by atoms with Gasteiger partial charge in [-0.15, -0.1) is 0 Å². The Morgan fingerprint density at radius 2 is 1.02 bits per heavy atom. The molecule has 2 aromatic carbocycles. The van der Waals surface area contributed by atoms with Crippen LogP contribution in [0.1, 0.15) is 87.2 Å². The van der Waals surface area contributed by atoms with Crippen molar-refractivity contribution < 1.29 is 58.1 Å². The maximum Gasteiger partial charge on any atom is 0.491 e. The number of aliphatic hydroxyl groups excluding tert-OH is 1. The van der Waals surface area contributed by atoms with Gasteiger partial charge in [-0.2, -0.15) is 4.98 Å². The number of nitrogens with zero attached hydrogens (tertiary/aromatic N) is 6. The molecule has 0 bridgehead atoms. The average Bonchev–Trinajstić information content (AvgIpc) is 4.02. The molecule has 2 aliphatic rings. The fraction of sp³-hybridized carbons (Fsp3) is 0.333. The highest BCUT2D eigenvalue weighted by Crippen LogP contribution is 2.31. The normalized spacial score (nSPS) is 11.6. The highest BCUT2D eigenvalue weighted by atomic mass is 35.5. The molecule has 2 aliphatic heterocycles. The molecular weight excluding hydrogens is 1120 g/mol. The number of aromatic nitrogens is 4. The van der Waals surface area contributed by atoms with Gasteiger partial charge >= 0.3 is 14.2 Å². The summed E-state index contributed by atoms with van der Waals surface area (Å²) in [6.07, 6.45) is 0. The highest BCUT2D eigenvalue weighted by molar-refractivity contribution is 6.62. The lowest BCUT2D eigenvalue weighted by Gasteiger charge is -2.11. The summed E-state index contributed by atoms with van der Waals surface area (Å²) in [7, 11) is -1.69. The molecule has 0 spiro atoms. The number of phenolic OH excluding ortho intramolecular Hbond substituents is 1. The maximum atomic E-state index is 11.0. The minimum Gasteiger partial charge on any atom is -0.508 e. The minimum atomic E-state index is -0.874. The van der Waals surface area contributed by atoms with Gasteiger partial charge in [-0.25, -0.2) is 24.6 Å². The third-order valence-electron chi connectivity index (χ3n) is 9.85. The van der Waals surface area contributed by atoms with Crippen LogP contribution in [0.5, 0.6) is 35.0 Å². The van der Waals surface area contributed by atoms with Crippen LogP contribution in [0.25, 0.3) is 9.69 Å². The van der Waals surface area contributed by atoms with Crippen LogP contribution < -0.4 is 41.3 Å². The van der Waals surface area contributed by atoms with Crippen molar-refractivity contribution >= 4 is 94.8 Å². The number of aliphatic hydroxyl groups is 1. The van der Waals surface area contributed by atoms with Crippen molar-refractivity contribution in [2.24, 2.45) is 35.1 Å². The Balaban J connectivity index is 0.000000265. The van der Waals surface area contributed by atoms with Gasteiger partial charge in [0.2, 0.25) is 34.9 Å². The second-order valence-corrected chi connectivity index (χ2v) is 20.2. The third kappa shape index (κ3) is 23.4. The molecule has 0 saturated carbocycles. The van der Waals surface area contributed by atoms with Gasteiger partial charge in [-0.05, 0) is 119 Å². The summed E-state index contributed by atoms with van der Waals surface area (Å²) in [5.41, 5.74) is 14.6. The van der Waals surface area contributed by atoms with Crippen LogP contribution in [-0.4, -0.2) is 92.7 Å². The van der Waals surface area contributed by atoms with Gasteiger partial charge < -0.3 is 60.0 Å². The van der Waals surface area contributed by atoms with Gasteiger partial charge in [0.1, 0.15) is 37.7 Å². The fourth-order valence-electron chi connectivity index (χ4n) is 5.92. The number of hydrogen-bond donors (Lipinski definition) is 6. The van der Waals surface area contributed by atoms with E-state index in [0.717, 1.165) is 22.1 Å². The van der Waals surface area contributed by atoms with Crippen LogP contribution in [0.2, 0.25) is 20.6 Å². The molecule has 0 saturated heterocycles. The maximum absolute atomic E-state index is 11.0. The summed E-state index contributed by atoms with van der Waals surface area (Å²) >= 11 is 22.4. The monoisotopic (exact) mass is 1180 g/mol. The number of benzene rings is 2. The summed E-state index contributed by atoms with van der Waals surface area (Å²) in [4.78, 5) is 44.1. The zero-order valence-corrected chi connectivity index (χ0v) is 48.2. The molecule has 0 atom stereocenters. The summed E-state index contributed by atoms with van der Waals surface area (Å²) in [5, 5.41) is 36.9. The van der Waals surface area contributed by atoms with Crippen molar-refractivity contribution in [3.05, 3.63) is 151 Å². The lowest BCUT2D eigenvalue weighted by Crippen LogP contribution is -2.27. The highest BCUT2D eigenvalue weighted by Gasteiger charge is 2.28. The Morgan fingerprint density at radius 3 is 1.50 bits per heavy atom. The predicted molar refractivity (Wildman–Crippen MR) is 309 cm³/mol. The second kappa shape index (κ2) is 34.3. The van der Waals surface area contributed by atoms with Crippen molar-refractivity contribution in [3.8, 4) is 35.0 Å². The molecule has 80 heavy (non-hydrogen) atoms. The molecule has 0 aliphatic carbocycles. The number of carbonyl (C=O) groups excluding carboxylic acids is 2. The van der Waals surface area contributed by atoms with Crippen molar-refractivity contribution in [2.45, 2.75) is 68.6 Å². The molecule has 0 radical (unpaired) electrons. The van der Waals surface area contributed by atoms with Gasteiger partial charge in [-0.3, -0.25) is 9.59 Å². The van der Waals surface area contributed by atoms with Crippen LogP contribution in [-0.2, 0) is 22.5 Å². The van der Waals surface area contributed by atoms with E-state index in [2.05, 4.69) is 29.6 Å². The molecule has 4 aromatic heterocycles. The number of halogens is 4. The summed E-state index contributed by atoms with van der Waals surface area (Å²) in [6.45, 7) is 32.7. The number of fused-ring (bicyclic) bond motifs is 2. The predicted octanol–water partition coefficient (Wildman–Crippen LogP) is 9.60. The van der Waals surface area contributed by atoms with E-state index in [9.17, 15) is 14.6 Å². The lowest BCUT2D eigenvalue weighted by atomic mass is 9.80. The fourth-order valence-corrected chi connectivity index (χ4v) is 6.64. The van der Waals surface area contributed by atoms with E-state index < -0.39 is 26.1 Å². The van der Waals surface area contributed by atoms with Crippen molar-refractivity contribution in [1.29, 1.82) is 0 Å². The van der Waals surface area contributed by atoms with Crippen LogP contribution in [0.3, 0.4) is 0 Å². The first-order valence-corrected chi connectivity index (χ1v) is 26.1. The lowest BCUT2D eigenvalue weighted by molar-refractivity contribution is 0.0988. The number of pyridine rings is 4.